The third-order valence-corrected chi connectivity index (χ3v) is 3.18. The molecule has 1 unspecified atom stereocenters. The Morgan fingerprint density at radius 2 is 2.19 bits per heavy atom. The third kappa shape index (κ3) is 2.29. The Morgan fingerprint density at radius 3 is 2.81 bits per heavy atom. The molecule has 0 aliphatic carbocycles. The molecule has 5 heteroatoms. The summed E-state index contributed by atoms with van der Waals surface area (Å²) < 4.78 is 2.68. The molecule has 0 saturated heterocycles. The highest BCUT2D eigenvalue weighted by Gasteiger charge is 2.15. The van der Waals surface area contributed by atoms with Crippen LogP contribution in [0.25, 0.3) is 0 Å². The van der Waals surface area contributed by atoms with E-state index in [1.165, 1.54) is 0 Å². The van der Waals surface area contributed by atoms with Crippen LogP contribution in [0.1, 0.15) is 17.3 Å². The van der Waals surface area contributed by atoms with Crippen LogP contribution in [0.3, 0.4) is 0 Å². The van der Waals surface area contributed by atoms with Crippen LogP contribution in [0.4, 0.5) is 0 Å². The van der Waals surface area contributed by atoms with Crippen LogP contribution >= 0.6 is 27.5 Å². The number of aromatic nitrogens is 2. The smallest absolute Gasteiger partial charge is 0.0837 e. The molecule has 2 N–H and O–H groups in total. The average molecular weight is 301 g/mol. The summed E-state index contributed by atoms with van der Waals surface area (Å²) in [5, 5.41) is 4.93. The van der Waals surface area contributed by atoms with Crippen molar-refractivity contribution < 1.29 is 0 Å². The van der Waals surface area contributed by atoms with Gasteiger partial charge in [-0.2, -0.15) is 5.10 Å². The van der Waals surface area contributed by atoms with E-state index in [1.807, 2.05) is 37.5 Å². The van der Waals surface area contributed by atoms with E-state index in [2.05, 4.69) is 21.0 Å². The maximum atomic E-state index is 6.12. The Morgan fingerprint density at radius 1 is 1.44 bits per heavy atom. The van der Waals surface area contributed by atoms with Gasteiger partial charge in [0.05, 0.1) is 11.7 Å². The molecule has 0 spiro atoms. The maximum Gasteiger partial charge on any atom is 0.0837 e. The molecular formula is C11H11BrClN3. The van der Waals surface area contributed by atoms with E-state index in [1.54, 1.807) is 4.68 Å². The lowest BCUT2D eigenvalue weighted by molar-refractivity contribution is 0.716. The van der Waals surface area contributed by atoms with Gasteiger partial charge in [0.2, 0.25) is 0 Å². The van der Waals surface area contributed by atoms with Gasteiger partial charge in [0.25, 0.3) is 0 Å². The zero-order chi connectivity index (χ0) is 11.7. The minimum absolute atomic E-state index is 0.300. The fourth-order valence-electron chi connectivity index (χ4n) is 1.51. The van der Waals surface area contributed by atoms with Crippen molar-refractivity contribution in [3.8, 4) is 0 Å². The molecular weight excluding hydrogens is 289 g/mol. The second-order valence-corrected chi connectivity index (χ2v) is 4.88. The number of benzene rings is 1. The fourth-order valence-corrected chi connectivity index (χ4v) is 2.13. The molecule has 0 amide bonds. The molecule has 3 nitrogen and oxygen atoms in total. The van der Waals surface area contributed by atoms with Gasteiger partial charge in [0.1, 0.15) is 0 Å². The van der Waals surface area contributed by atoms with Gasteiger partial charge >= 0.3 is 0 Å². The molecule has 0 fully saturated rings. The predicted octanol–water partition coefficient (Wildman–Crippen LogP) is 2.88. The van der Waals surface area contributed by atoms with Gasteiger partial charge in [-0.1, -0.05) is 27.5 Å². The lowest BCUT2D eigenvalue weighted by Gasteiger charge is -2.11. The van der Waals surface area contributed by atoms with Crippen molar-refractivity contribution in [3.05, 3.63) is 51.2 Å². The van der Waals surface area contributed by atoms with Crippen LogP contribution in [-0.2, 0) is 7.05 Å². The summed E-state index contributed by atoms with van der Waals surface area (Å²) in [5.41, 5.74) is 7.80. The first-order valence-corrected chi connectivity index (χ1v) is 5.95. The molecule has 1 aromatic heterocycles. The number of nitrogens with zero attached hydrogens (tertiary/aromatic N) is 2. The van der Waals surface area contributed by atoms with E-state index >= 15 is 0 Å². The summed E-state index contributed by atoms with van der Waals surface area (Å²) >= 11 is 9.51. The molecule has 0 saturated carbocycles. The van der Waals surface area contributed by atoms with Crippen LogP contribution in [-0.4, -0.2) is 9.78 Å². The first-order valence-electron chi connectivity index (χ1n) is 4.78. The molecule has 2 rings (SSSR count). The number of nitrogens with two attached hydrogens (primary N) is 1. The highest BCUT2D eigenvalue weighted by Crippen LogP contribution is 2.28. The number of rotatable bonds is 2. The van der Waals surface area contributed by atoms with Crippen LogP contribution in [0.5, 0.6) is 0 Å². The standard InChI is InChI=1S/C11H11BrClN3/c1-16-5-4-10(15-16)11(14)8-6-7(12)2-3-9(8)13/h2-6,11H,14H2,1H3. The molecule has 0 aliphatic rings. The zero-order valence-electron chi connectivity index (χ0n) is 8.69. The largest absolute Gasteiger partial charge is 0.319 e. The van der Waals surface area contributed by atoms with E-state index in [4.69, 9.17) is 17.3 Å². The molecule has 1 atom stereocenters. The van der Waals surface area contributed by atoms with E-state index in [-0.39, 0.29) is 6.04 Å². The van der Waals surface area contributed by atoms with Gasteiger partial charge in [-0.15, -0.1) is 0 Å². The van der Waals surface area contributed by atoms with E-state index in [0.29, 0.717) is 5.02 Å². The summed E-state index contributed by atoms with van der Waals surface area (Å²) in [7, 11) is 1.86. The normalized spacial score (nSPS) is 12.8. The van der Waals surface area contributed by atoms with Crippen molar-refractivity contribution in [3.63, 3.8) is 0 Å². The molecule has 1 aromatic carbocycles. The highest BCUT2D eigenvalue weighted by molar-refractivity contribution is 9.10. The molecule has 2 aromatic rings. The van der Waals surface area contributed by atoms with Crippen molar-refractivity contribution in [2.24, 2.45) is 12.8 Å². The van der Waals surface area contributed by atoms with E-state index in [0.717, 1.165) is 15.7 Å². The Bertz CT molecular complexity index is 510. The first-order chi connectivity index (χ1) is 7.58. The highest BCUT2D eigenvalue weighted by atomic mass is 79.9. The quantitative estimate of drug-likeness (QED) is 0.927. The van der Waals surface area contributed by atoms with E-state index < -0.39 is 0 Å². The second-order valence-electron chi connectivity index (χ2n) is 3.56. The molecule has 84 valence electrons. The number of aryl methyl sites for hydroxylation is 1. The van der Waals surface area contributed by atoms with Crippen molar-refractivity contribution in [2.75, 3.05) is 0 Å². The van der Waals surface area contributed by atoms with Crippen molar-refractivity contribution in [2.45, 2.75) is 6.04 Å². The summed E-state index contributed by atoms with van der Waals surface area (Å²) in [4.78, 5) is 0. The lowest BCUT2D eigenvalue weighted by atomic mass is 10.1. The molecule has 16 heavy (non-hydrogen) atoms. The van der Waals surface area contributed by atoms with Crippen LogP contribution in [0.2, 0.25) is 5.02 Å². The average Bonchev–Trinajstić information content (AvgIpc) is 2.67. The number of hydrogen-bond donors (Lipinski definition) is 1. The van der Waals surface area contributed by atoms with Crippen molar-refractivity contribution >= 4 is 27.5 Å². The van der Waals surface area contributed by atoms with Crippen LogP contribution < -0.4 is 5.73 Å². The predicted molar refractivity (Wildman–Crippen MR) is 68.4 cm³/mol. The van der Waals surface area contributed by atoms with Crippen LogP contribution in [0.15, 0.2) is 34.9 Å². The summed E-state index contributed by atoms with van der Waals surface area (Å²) in [6.45, 7) is 0. The fraction of sp³-hybridized carbons (Fsp3) is 0.182. The van der Waals surface area contributed by atoms with Gasteiger partial charge in [0.15, 0.2) is 0 Å². The Labute approximate surface area is 107 Å². The molecule has 1 heterocycles. The Hall–Kier alpha value is -0.840. The molecule has 0 aliphatic heterocycles. The number of hydrogen-bond acceptors (Lipinski definition) is 2. The van der Waals surface area contributed by atoms with Crippen LogP contribution in [0, 0.1) is 0 Å². The third-order valence-electron chi connectivity index (χ3n) is 2.35. The van der Waals surface area contributed by atoms with Gasteiger partial charge in [-0.25, -0.2) is 0 Å². The maximum absolute atomic E-state index is 6.12. The monoisotopic (exact) mass is 299 g/mol. The Balaban J connectivity index is 2.40. The zero-order valence-corrected chi connectivity index (χ0v) is 11.0. The van der Waals surface area contributed by atoms with Gasteiger partial charge in [0, 0.05) is 22.7 Å². The Kier molecular flexibility index (Phi) is 3.33. The summed E-state index contributed by atoms with van der Waals surface area (Å²) in [6, 6.07) is 7.22. The first kappa shape index (κ1) is 11.6. The van der Waals surface area contributed by atoms with E-state index in [9.17, 15) is 0 Å². The SMILES string of the molecule is Cn1ccc(C(N)c2cc(Br)ccc2Cl)n1. The van der Waals surface area contributed by atoms with Crippen molar-refractivity contribution in [1.82, 2.24) is 9.78 Å². The minimum atomic E-state index is -0.300. The molecule has 0 bridgehead atoms. The van der Waals surface area contributed by atoms with Gasteiger partial charge < -0.3 is 5.73 Å². The van der Waals surface area contributed by atoms with Gasteiger partial charge in [-0.05, 0) is 29.8 Å². The summed E-state index contributed by atoms with van der Waals surface area (Å²) in [5.74, 6) is 0. The minimum Gasteiger partial charge on any atom is -0.319 e. The summed E-state index contributed by atoms with van der Waals surface area (Å²) in [6.07, 6.45) is 1.86. The number of halogens is 2. The lowest BCUT2D eigenvalue weighted by Crippen LogP contribution is -2.13. The second kappa shape index (κ2) is 4.57. The molecule has 0 radical (unpaired) electrons. The topological polar surface area (TPSA) is 43.8 Å². The van der Waals surface area contributed by atoms with Crippen molar-refractivity contribution in [1.29, 1.82) is 0 Å². The van der Waals surface area contributed by atoms with Gasteiger partial charge in [-0.3, -0.25) is 4.68 Å².